The van der Waals surface area contributed by atoms with E-state index < -0.39 is 29.0 Å². The SMILES string of the molecule is Cc1cc(C(=O)Nc2ccc(F)c(F)c2F)nc(NCc2ccccc2C)n1. The lowest BCUT2D eigenvalue weighted by Gasteiger charge is -2.11. The van der Waals surface area contributed by atoms with E-state index in [0.29, 0.717) is 12.2 Å². The molecule has 0 aliphatic heterocycles. The van der Waals surface area contributed by atoms with Gasteiger partial charge in [-0.3, -0.25) is 4.79 Å². The lowest BCUT2D eigenvalue weighted by Crippen LogP contribution is -2.17. The van der Waals surface area contributed by atoms with Crippen LogP contribution in [0.2, 0.25) is 0 Å². The number of carbonyl (C=O) groups excluding carboxylic acids is 1. The molecule has 0 aliphatic carbocycles. The fraction of sp³-hybridized carbons (Fsp3) is 0.150. The third kappa shape index (κ3) is 4.28. The molecule has 0 atom stereocenters. The summed E-state index contributed by atoms with van der Waals surface area (Å²) in [6.45, 7) is 4.11. The fourth-order valence-corrected chi connectivity index (χ4v) is 2.56. The van der Waals surface area contributed by atoms with Gasteiger partial charge >= 0.3 is 0 Å². The zero-order chi connectivity index (χ0) is 20.3. The second-order valence-electron chi connectivity index (χ2n) is 6.18. The predicted octanol–water partition coefficient (Wildman–Crippen LogP) is 4.38. The lowest BCUT2D eigenvalue weighted by molar-refractivity contribution is 0.102. The van der Waals surface area contributed by atoms with E-state index in [2.05, 4.69) is 20.6 Å². The molecular weight excluding hydrogens is 369 g/mol. The van der Waals surface area contributed by atoms with Gasteiger partial charge in [-0.1, -0.05) is 24.3 Å². The Bertz CT molecular complexity index is 1040. The Kier molecular flexibility index (Phi) is 5.58. The molecule has 2 N–H and O–H groups in total. The number of hydrogen-bond donors (Lipinski definition) is 2. The van der Waals surface area contributed by atoms with Crippen molar-refractivity contribution in [3.63, 3.8) is 0 Å². The van der Waals surface area contributed by atoms with Crippen molar-refractivity contribution in [2.75, 3.05) is 10.6 Å². The average Bonchev–Trinajstić information content (AvgIpc) is 2.67. The van der Waals surface area contributed by atoms with Crippen LogP contribution in [0.3, 0.4) is 0 Å². The molecule has 2 aromatic carbocycles. The van der Waals surface area contributed by atoms with Crippen LogP contribution in [-0.2, 0) is 6.54 Å². The molecule has 0 bridgehead atoms. The number of rotatable bonds is 5. The third-order valence-electron chi connectivity index (χ3n) is 4.07. The number of hydrogen-bond acceptors (Lipinski definition) is 4. The normalized spacial score (nSPS) is 10.6. The van der Waals surface area contributed by atoms with Gasteiger partial charge in [-0.2, -0.15) is 0 Å². The molecule has 0 radical (unpaired) electrons. The average molecular weight is 386 g/mol. The molecule has 0 unspecified atom stereocenters. The van der Waals surface area contributed by atoms with Crippen molar-refractivity contribution in [3.8, 4) is 0 Å². The predicted molar refractivity (Wildman–Crippen MR) is 99.5 cm³/mol. The largest absolute Gasteiger partial charge is 0.350 e. The monoisotopic (exact) mass is 386 g/mol. The van der Waals surface area contributed by atoms with Crippen molar-refractivity contribution in [1.82, 2.24) is 9.97 Å². The summed E-state index contributed by atoms with van der Waals surface area (Å²) < 4.78 is 40.1. The summed E-state index contributed by atoms with van der Waals surface area (Å²) >= 11 is 0. The van der Waals surface area contributed by atoms with Crippen molar-refractivity contribution >= 4 is 17.5 Å². The lowest BCUT2D eigenvalue weighted by atomic mass is 10.1. The molecule has 1 amide bonds. The molecule has 8 heteroatoms. The van der Waals surface area contributed by atoms with Crippen LogP contribution in [0.15, 0.2) is 42.5 Å². The standard InChI is InChI=1S/C20H17F3N4O/c1-11-5-3-4-6-13(11)10-24-20-25-12(2)9-16(27-20)19(28)26-15-8-7-14(21)17(22)18(15)23/h3-9H,10H2,1-2H3,(H,26,28)(H,24,25,27). The second-order valence-corrected chi connectivity index (χ2v) is 6.18. The summed E-state index contributed by atoms with van der Waals surface area (Å²) in [4.78, 5) is 20.7. The smallest absolute Gasteiger partial charge is 0.274 e. The van der Waals surface area contributed by atoms with E-state index in [9.17, 15) is 18.0 Å². The van der Waals surface area contributed by atoms with Crippen molar-refractivity contribution in [2.24, 2.45) is 0 Å². The minimum Gasteiger partial charge on any atom is -0.350 e. The number of amides is 1. The Labute approximate surface area is 159 Å². The van der Waals surface area contributed by atoms with Gasteiger partial charge in [-0.15, -0.1) is 0 Å². The highest BCUT2D eigenvalue weighted by atomic mass is 19.2. The highest BCUT2D eigenvalue weighted by molar-refractivity contribution is 6.03. The summed E-state index contributed by atoms with van der Waals surface area (Å²) in [6.07, 6.45) is 0. The molecule has 0 aliphatic rings. The maximum absolute atomic E-state index is 13.8. The molecule has 5 nitrogen and oxygen atoms in total. The van der Waals surface area contributed by atoms with Crippen molar-refractivity contribution < 1.29 is 18.0 Å². The number of carbonyl (C=O) groups is 1. The van der Waals surface area contributed by atoms with E-state index in [1.54, 1.807) is 6.92 Å². The third-order valence-corrected chi connectivity index (χ3v) is 4.07. The molecule has 144 valence electrons. The van der Waals surface area contributed by atoms with Gasteiger partial charge < -0.3 is 10.6 Å². The summed E-state index contributed by atoms with van der Waals surface area (Å²) in [6, 6.07) is 10.9. The van der Waals surface area contributed by atoms with Crippen LogP contribution >= 0.6 is 0 Å². The van der Waals surface area contributed by atoms with Crippen LogP contribution in [-0.4, -0.2) is 15.9 Å². The van der Waals surface area contributed by atoms with Gasteiger partial charge in [0.15, 0.2) is 17.5 Å². The van der Waals surface area contributed by atoms with Gasteiger partial charge in [0.25, 0.3) is 5.91 Å². The molecule has 0 fully saturated rings. The number of benzene rings is 2. The molecule has 0 saturated carbocycles. The van der Waals surface area contributed by atoms with Crippen LogP contribution < -0.4 is 10.6 Å². The zero-order valence-electron chi connectivity index (χ0n) is 15.2. The van der Waals surface area contributed by atoms with Crippen molar-refractivity contribution in [3.05, 3.63) is 82.4 Å². The number of halogens is 3. The molecule has 0 saturated heterocycles. The van der Waals surface area contributed by atoms with E-state index in [0.717, 1.165) is 23.3 Å². The van der Waals surface area contributed by atoms with Gasteiger partial charge in [-0.05, 0) is 43.2 Å². The first-order chi connectivity index (χ1) is 13.3. The van der Waals surface area contributed by atoms with E-state index in [1.165, 1.54) is 6.07 Å². The minimum atomic E-state index is -1.66. The van der Waals surface area contributed by atoms with Crippen molar-refractivity contribution in [1.29, 1.82) is 0 Å². The summed E-state index contributed by atoms with van der Waals surface area (Å²) in [7, 11) is 0. The topological polar surface area (TPSA) is 66.9 Å². The number of nitrogens with zero attached hydrogens (tertiary/aromatic N) is 2. The second kappa shape index (κ2) is 8.08. The highest BCUT2D eigenvalue weighted by Crippen LogP contribution is 2.20. The van der Waals surface area contributed by atoms with Crippen LogP contribution in [0.1, 0.15) is 27.3 Å². The molecular formula is C20H17F3N4O. The van der Waals surface area contributed by atoms with Gasteiger partial charge in [-0.25, -0.2) is 23.1 Å². The van der Waals surface area contributed by atoms with E-state index in [-0.39, 0.29) is 11.6 Å². The van der Waals surface area contributed by atoms with E-state index >= 15 is 0 Å². The van der Waals surface area contributed by atoms with Gasteiger partial charge in [0, 0.05) is 12.2 Å². The van der Waals surface area contributed by atoms with Crippen LogP contribution in [0, 0.1) is 31.3 Å². The summed E-state index contributed by atoms with van der Waals surface area (Å²) in [5, 5.41) is 5.24. The first-order valence-corrected chi connectivity index (χ1v) is 8.44. The van der Waals surface area contributed by atoms with Crippen LogP contribution in [0.5, 0.6) is 0 Å². The van der Waals surface area contributed by atoms with Gasteiger partial charge in [0.2, 0.25) is 5.95 Å². The quantitative estimate of drug-likeness (QED) is 0.639. The Morgan fingerprint density at radius 3 is 2.50 bits per heavy atom. The van der Waals surface area contributed by atoms with Gasteiger partial charge in [0.05, 0.1) is 5.69 Å². The Morgan fingerprint density at radius 1 is 1.00 bits per heavy atom. The Hall–Kier alpha value is -3.42. The number of aromatic nitrogens is 2. The Balaban J connectivity index is 1.78. The number of nitrogens with one attached hydrogen (secondary N) is 2. The molecule has 3 rings (SSSR count). The Morgan fingerprint density at radius 2 is 1.75 bits per heavy atom. The van der Waals surface area contributed by atoms with Crippen molar-refractivity contribution in [2.45, 2.75) is 20.4 Å². The molecule has 1 heterocycles. The van der Waals surface area contributed by atoms with E-state index in [4.69, 9.17) is 0 Å². The van der Waals surface area contributed by atoms with Gasteiger partial charge in [0.1, 0.15) is 5.69 Å². The molecule has 3 aromatic rings. The zero-order valence-corrected chi connectivity index (χ0v) is 15.2. The fourth-order valence-electron chi connectivity index (χ4n) is 2.56. The summed E-state index contributed by atoms with van der Waals surface area (Å²) in [5.41, 5.74) is 2.13. The van der Waals surface area contributed by atoms with Crippen LogP contribution in [0.4, 0.5) is 24.8 Å². The first-order valence-electron chi connectivity index (χ1n) is 8.44. The molecule has 0 spiro atoms. The first kappa shape index (κ1) is 19.3. The number of aryl methyl sites for hydroxylation is 2. The van der Waals surface area contributed by atoms with Crippen LogP contribution in [0.25, 0.3) is 0 Å². The number of anilines is 2. The molecule has 28 heavy (non-hydrogen) atoms. The van der Waals surface area contributed by atoms with E-state index in [1.807, 2.05) is 31.2 Å². The highest BCUT2D eigenvalue weighted by Gasteiger charge is 2.17. The maximum atomic E-state index is 13.8. The summed E-state index contributed by atoms with van der Waals surface area (Å²) in [5.74, 6) is -5.01. The minimum absolute atomic E-state index is 0.0380. The molecule has 1 aromatic heterocycles. The maximum Gasteiger partial charge on any atom is 0.274 e.